The smallest absolute Gasteiger partial charge is 0.252 e. The van der Waals surface area contributed by atoms with Gasteiger partial charge >= 0.3 is 0 Å². The van der Waals surface area contributed by atoms with Gasteiger partial charge in [0.2, 0.25) is 5.91 Å². The van der Waals surface area contributed by atoms with Gasteiger partial charge in [-0.2, -0.15) is 0 Å². The van der Waals surface area contributed by atoms with Crippen molar-refractivity contribution in [3.05, 3.63) is 120 Å². The van der Waals surface area contributed by atoms with Crippen molar-refractivity contribution in [3.63, 3.8) is 0 Å². The third-order valence-electron chi connectivity index (χ3n) is 9.30. The van der Waals surface area contributed by atoms with Crippen LogP contribution in [0.1, 0.15) is 40.7 Å². The average Bonchev–Trinajstić information content (AvgIpc) is 3.57. The number of fused-ring (bicyclic) bond motifs is 1. The third kappa shape index (κ3) is 8.41. The first-order valence-corrected chi connectivity index (χ1v) is 17.1. The number of nitrogens with zero attached hydrogens (tertiary/aromatic N) is 2. The van der Waals surface area contributed by atoms with Gasteiger partial charge in [0.15, 0.2) is 0 Å². The van der Waals surface area contributed by atoms with Crippen LogP contribution in [0.4, 0.5) is 0 Å². The molecule has 1 aromatic heterocycles. The average molecular weight is 673 g/mol. The normalized spacial score (nSPS) is 15.0. The van der Waals surface area contributed by atoms with E-state index in [1.165, 1.54) is 6.42 Å². The van der Waals surface area contributed by atoms with Crippen LogP contribution in [0, 0.1) is 0 Å². The molecule has 0 radical (unpaired) electrons. The fourth-order valence-electron chi connectivity index (χ4n) is 6.49. The second-order valence-electron chi connectivity index (χ2n) is 12.6. The first-order valence-electron chi connectivity index (χ1n) is 17.1. The van der Waals surface area contributed by atoms with Gasteiger partial charge in [0.25, 0.3) is 5.91 Å². The second-order valence-corrected chi connectivity index (χ2v) is 12.6. The topological polar surface area (TPSA) is 102 Å². The minimum absolute atomic E-state index is 0.237. The number of carbonyl (C=O) groups is 2. The number of hydrogen-bond acceptors (Lipinski definition) is 7. The van der Waals surface area contributed by atoms with Gasteiger partial charge < -0.3 is 29.7 Å². The molecule has 0 bridgehead atoms. The summed E-state index contributed by atoms with van der Waals surface area (Å²) < 4.78 is 17.2. The molecule has 2 amide bonds. The minimum Gasteiger partial charge on any atom is -0.497 e. The Bertz CT molecular complexity index is 1900. The summed E-state index contributed by atoms with van der Waals surface area (Å²) in [7, 11) is 5.25. The molecule has 4 aromatic carbocycles. The van der Waals surface area contributed by atoms with Crippen molar-refractivity contribution < 1.29 is 23.8 Å². The van der Waals surface area contributed by atoms with E-state index in [9.17, 15) is 9.59 Å². The Morgan fingerprint density at radius 3 is 2.30 bits per heavy atom. The number of hydrogen-bond donors (Lipinski definition) is 2. The van der Waals surface area contributed by atoms with Crippen LogP contribution in [0.2, 0.25) is 0 Å². The number of benzene rings is 4. The van der Waals surface area contributed by atoms with E-state index in [1.807, 2.05) is 84.9 Å². The van der Waals surface area contributed by atoms with Gasteiger partial charge in [-0.3, -0.25) is 9.59 Å². The van der Waals surface area contributed by atoms with Crippen molar-refractivity contribution in [2.24, 2.45) is 0 Å². The lowest BCUT2D eigenvalue weighted by Gasteiger charge is -2.22. The number of amides is 2. The number of nitrogens with one attached hydrogen (secondary N) is 2. The van der Waals surface area contributed by atoms with Gasteiger partial charge in [0.1, 0.15) is 29.9 Å². The number of aromatic nitrogens is 1. The first-order chi connectivity index (χ1) is 24.4. The quantitative estimate of drug-likeness (QED) is 0.140. The maximum absolute atomic E-state index is 14.3. The highest BCUT2D eigenvalue weighted by molar-refractivity contribution is 6.10. The van der Waals surface area contributed by atoms with E-state index in [4.69, 9.17) is 19.2 Å². The molecule has 0 aliphatic carbocycles. The fourth-order valence-corrected chi connectivity index (χ4v) is 6.49. The van der Waals surface area contributed by atoms with Crippen LogP contribution in [0.5, 0.6) is 17.2 Å². The zero-order valence-corrected chi connectivity index (χ0v) is 28.9. The molecule has 1 aliphatic rings. The molecule has 2 N–H and O–H groups in total. The van der Waals surface area contributed by atoms with Crippen molar-refractivity contribution >= 4 is 22.7 Å². The molecule has 0 spiro atoms. The summed E-state index contributed by atoms with van der Waals surface area (Å²) in [5.41, 5.74) is 4.33. The number of pyridine rings is 1. The van der Waals surface area contributed by atoms with E-state index >= 15 is 0 Å². The number of methoxy groups -OCH3 is 2. The molecule has 2 heterocycles. The van der Waals surface area contributed by atoms with E-state index in [1.54, 1.807) is 32.4 Å². The van der Waals surface area contributed by atoms with E-state index in [0.717, 1.165) is 41.8 Å². The molecule has 6 rings (SSSR count). The summed E-state index contributed by atoms with van der Waals surface area (Å²) in [5, 5.41) is 6.72. The summed E-state index contributed by atoms with van der Waals surface area (Å²) in [5.74, 6) is 1.09. The van der Waals surface area contributed by atoms with Crippen LogP contribution in [0.3, 0.4) is 0 Å². The molecule has 1 aliphatic heterocycles. The van der Waals surface area contributed by atoms with E-state index in [0.29, 0.717) is 59.3 Å². The van der Waals surface area contributed by atoms with Crippen molar-refractivity contribution in [1.29, 1.82) is 0 Å². The van der Waals surface area contributed by atoms with E-state index in [-0.39, 0.29) is 5.91 Å². The molecular weight excluding hydrogens is 628 g/mol. The Balaban J connectivity index is 1.27. The Morgan fingerprint density at radius 1 is 0.880 bits per heavy atom. The van der Waals surface area contributed by atoms with E-state index in [2.05, 4.69) is 22.6 Å². The summed E-state index contributed by atoms with van der Waals surface area (Å²) >= 11 is 0. The van der Waals surface area contributed by atoms with Gasteiger partial charge in [-0.05, 0) is 62.2 Å². The number of ether oxygens (including phenoxy) is 3. The Hall–Kier alpha value is -5.41. The molecule has 2 unspecified atom stereocenters. The summed E-state index contributed by atoms with van der Waals surface area (Å²) in [6.07, 6.45) is 3.43. The Kier molecular flexibility index (Phi) is 11.3. The van der Waals surface area contributed by atoms with Gasteiger partial charge in [0, 0.05) is 36.7 Å². The van der Waals surface area contributed by atoms with Crippen molar-refractivity contribution in [3.8, 4) is 28.5 Å². The molecule has 1 saturated heterocycles. The number of rotatable bonds is 14. The lowest BCUT2D eigenvalue weighted by atomic mass is 10.0. The zero-order chi connectivity index (χ0) is 34.9. The largest absolute Gasteiger partial charge is 0.497 e. The Morgan fingerprint density at radius 2 is 1.62 bits per heavy atom. The van der Waals surface area contributed by atoms with Crippen molar-refractivity contribution in [1.82, 2.24) is 20.5 Å². The highest BCUT2D eigenvalue weighted by atomic mass is 16.5. The molecule has 1 fully saturated rings. The fraction of sp³-hybridized carbons (Fsp3) is 0.293. The maximum Gasteiger partial charge on any atom is 0.252 e. The Labute approximate surface area is 293 Å². The third-order valence-corrected chi connectivity index (χ3v) is 9.30. The lowest BCUT2D eigenvalue weighted by molar-refractivity contribution is -0.123. The van der Waals surface area contributed by atoms with Gasteiger partial charge in [-0.25, -0.2) is 4.98 Å². The first kappa shape index (κ1) is 34.5. The number of carbonyl (C=O) groups excluding carboxylic acids is 2. The predicted molar refractivity (Wildman–Crippen MR) is 196 cm³/mol. The van der Waals surface area contributed by atoms with Crippen molar-refractivity contribution in [2.45, 2.75) is 44.4 Å². The van der Waals surface area contributed by atoms with Crippen LogP contribution in [0.25, 0.3) is 22.2 Å². The van der Waals surface area contributed by atoms with Crippen LogP contribution >= 0.6 is 0 Å². The molecule has 9 heteroatoms. The van der Waals surface area contributed by atoms with Crippen molar-refractivity contribution in [2.75, 3.05) is 34.4 Å². The summed E-state index contributed by atoms with van der Waals surface area (Å²) in [6.45, 7) is 2.05. The summed E-state index contributed by atoms with van der Waals surface area (Å²) in [6, 6.07) is 32.2. The minimum atomic E-state index is -0.840. The summed E-state index contributed by atoms with van der Waals surface area (Å²) in [4.78, 5) is 35.4. The molecule has 9 nitrogen and oxygen atoms in total. The molecule has 50 heavy (non-hydrogen) atoms. The zero-order valence-electron chi connectivity index (χ0n) is 28.9. The highest BCUT2D eigenvalue weighted by Gasteiger charge is 2.26. The predicted octanol–water partition coefficient (Wildman–Crippen LogP) is 6.44. The van der Waals surface area contributed by atoms with Gasteiger partial charge in [0.05, 0.1) is 36.4 Å². The molecule has 2 atom stereocenters. The van der Waals surface area contributed by atoms with E-state index < -0.39 is 11.9 Å². The maximum atomic E-state index is 14.3. The molecule has 258 valence electrons. The lowest BCUT2D eigenvalue weighted by Crippen LogP contribution is -2.48. The second kappa shape index (κ2) is 16.3. The molecular formula is C41H44N4O5. The van der Waals surface area contributed by atoms with Crippen LogP contribution in [-0.4, -0.2) is 68.1 Å². The molecule has 0 saturated carbocycles. The van der Waals surface area contributed by atoms with Gasteiger partial charge in [-0.15, -0.1) is 0 Å². The monoisotopic (exact) mass is 672 g/mol. The molecule has 5 aromatic rings. The van der Waals surface area contributed by atoms with Crippen LogP contribution < -0.4 is 24.8 Å². The van der Waals surface area contributed by atoms with Gasteiger partial charge in [-0.1, -0.05) is 72.8 Å². The highest BCUT2D eigenvalue weighted by Crippen LogP contribution is 2.35. The SMILES string of the molecule is COc1cc(OC)c2c(C(=O)NC(Cc3ccc(OCc4ccccc4)cc3)C(=O)NCCC3CCCN3C)cc(-c3ccccc3)nc2c1. The van der Waals surface area contributed by atoms with Crippen LogP contribution in [-0.2, 0) is 17.8 Å². The van der Waals surface area contributed by atoms with Crippen LogP contribution in [0.15, 0.2) is 103 Å². The standard InChI is InChI=1S/C41H44N4O5/c1-45-22-10-15-31(45)20-21-42-41(47)37(23-28-16-18-32(19-17-28)50-27-29-11-6-4-7-12-29)44-40(46)34-26-35(30-13-8-5-9-14-30)43-36-24-33(48-2)25-38(49-3)39(34)36/h4-9,11-14,16-19,24-26,31,37H,10,15,20-23,27H2,1-3H3,(H,42,47)(H,44,46). The number of likely N-dealkylation sites (tertiary alicyclic amines) is 1.